The first kappa shape index (κ1) is 22.4. The molecule has 0 N–H and O–H groups in total. The van der Waals surface area contributed by atoms with Crippen LogP contribution in [-0.2, 0) is 0 Å². The first-order valence-electron chi connectivity index (χ1n) is 12.6. The molecule has 0 radical (unpaired) electrons. The highest BCUT2D eigenvalue weighted by molar-refractivity contribution is 7.22. The summed E-state index contributed by atoms with van der Waals surface area (Å²) in [5, 5.41) is 14.3. The Balaban J connectivity index is 1.28. The minimum Gasteiger partial charge on any atom is -0.378 e. The fraction of sp³-hybridized carbons (Fsp3) is 0.462. The smallest absolute Gasteiger partial charge is 0.186 e. The van der Waals surface area contributed by atoms with Crippen molar-refractivity contribution in [3.8, 4) is 0 Å². The maximum absolute atomic E-state index is 4.89. The molecular weight excluding hydrogens is 456 g/mol. The predicted octanol–water partition coefficient (Wildman–Crippen LogP) is 4.38. The lowest BCUT2D eigenvalue weighted by molar-refractivity contribution is 0.197. The third-order valence-electron chi connectivity index (χ3n) is 7.39. The van der Waals surface area contributed by atoms with Gasteiger partial charge in [-0.2, -0.15) is 0 Å². The van der Waals surface area contributed by atoms with Gasteiger partial charge in [0.05, 0.1) is 22.3 Å². The molecule has 1 atom stereocenters. The van der Waals surface area contributed by atoms with Crippen molar-refractivity contribution in [2.75, 3.05) is 50.1 Å². The number of anilines is 2. The monoisotopic (exact) mass is 488 g/mol. The molecule has 0 bridgehead atoms. The van der Waals surface area contributed by atoms with Crippen LogP contribution in [0.15, 0.2) is 48.5 Å². The van der Waals surface area contributed by atoms with Crippen LogP contribution in [0.1, 0.15) is 49.2 Å². The zero-order chi connectivity index (χ0) is 23.8. The van der Waals surface area contributed by atoms with Crippen molar-refractivity contribution >= 4 is 32.4 Å². The summed E-state index contributed by atoms with van der Waals surface area (Å²) in [6.45, 7) is 3.76. The van der Waals surface area contributed by atoms with Crippen LogP contribution >= 0.6 is 11.3 Å². The summed E-state index contributed by atoms with van der Waals surface area (Å²) in [4.78, 5) is 12.0. The van der Waals surface area contributed by atoms with Gasteiger partial charge < -0.3 is 9.80 Å². The van der Waals surface area contributed by atoms with E-state index in [1.54, 1.807) is 11.3 Å². The number of piperazine rings is 1. The van der Waals surface area contributed by atoms with E-state index < -0.39 is 0 Å². The van der Waals surface area contributed by atoms with Crippen molar-refractivity contribution in [2.24, 2.45) is 0 Å². The molecule has 2 aliphatic rings. The zero-order valence-electron chi connectivity index (χ0n) is 20.4. The molecule has 1 aliphatic heterocycles. The third-order valence-corrected chi connectivity index (χ3v) is 8.49. The normalized spacial score (nSPS) is 18.4. The number of rotatable bonds is 6. The van der Waals surface area contributed by atoms with E-state index in [0.29, 0.717) is 6.04 Å². The Morgan fingerprint density at radius 2 is 1.69 bits per heavy atom. The summed E-state index contributed by atoms with van der Waals surface area (Å²) < 4.78 is 3.37. The molecule has 2 aromatic carbocycles. The van der Waals surface area contributed by atoms with Crippen LogP contribution in [0.3, 0.4) is 0 Å². The number of nitrogens with zero attached hydrogens (tertiary/aromatic N) is 8. The summed E-state index contributed by atoms with van der Waals surface area (Å²) in [5.41, 5.74) is 3.53. The summed E-state index contributed by atoms with van der Waals surface area (Å²) in [5.74, 6) is 0.975. The summed E-state index contributed by atoms with van der Waals surface area (Å²) in [6.07, 6.45) is 4.84. The predicted molar refractivity (Wildman–Crippen MR) is 141 cm³/mol. The average molecular weight is 489 g/mol. The molecule has 35 heavy (non-hydrogen) atoms. The van der Waals surface area contributed by atoms with Gasteiger partial charge in [0.15, 0.2) is 11.0 Å². The van der Waals surface area contributed by atoms with Crippen LogP contribution in [0.25, 0.3) is 10.2 Å². The van der Waals surface area contributed by atoms with Crippen LogP contribution < -0.4 is 9.80 Å². The van der Waals surface area contributed by atoms with Crippen LogP contribution in [0.4, 0.5) is 10.8 Å². The highest BCUT2D eigenvalue weighted by atomic mass is 32.1. The maximum Gasteiger partial charge on any atom is 0.186 e. The highest BCUT2D eigenvalue weighted by Crippen LogP contribution is 2.36. The summed E-state index contributed by atoms with van der Waals surface area (Å²) >= 11 is 1.79. The number of thiazole rings is 1. The van der Waals surface area contributed by atoms with Crippen LogP contribution in [-0.4, -0.2) is 70.4 Å². The van der Waals surface area contributed by atoms with Crippen molar-refractivity contribution in [3.05, 3.63) is 59.9 Å². The fourth-order valence-electron chi connectivity index (χ4n) is 5.43. The summed E-state index contributed by atoms with van der Waals surface area (Å²) in [7, 11) is 4.16. The Hall–Kier alpha value is -3.04. The molecule has 3 heterocycles. The minimum absolute atomic E-state index is 0.0410. The van der Waals surface area contributed by atoms with Gasteiger partial charge >= 0.3 is 0 Å². The number of tetrazole rings is 1. The molecule has 4 aromatic rings. The quantitative estimate of drug-likeness (QED) is 0.399. The van der Waals surface area contributed by atoms with Crippen LogP contribution in [0.5, 0.6) is 0 Å². The van der Waals surface area contributed by atoms with Gasteiger partial charge in [0.2, 0.25) is 0 Å². The van der Waals surface area contributed by atoms with Gasteiger partial charge in [-0.3, -0.25) is 4.90 Å². The first-order chi connectivity index (χ1) is 17.2. The lowest BCUT2D eigenvalue weighted by atomic mass is 10.0. The molecule has 0 unspecified atom stereocenters. The molecule has 182 valence electrons. The Bertz CT molecular complexity index is 1230. The van der Waals surface area contributed by atoms with Crippen molar-refractivity contribution < 1.29 is 0 Å². The second kappa shape index (κ2) is 9.54. The van der Waals surface area contributed by atoms with E-state index in [-0.39, 0.29) is 6.04 Å². The summed E-state index contributed by atoms with van der Waals surface area (Å²) in [6, 6.07) is 17.7. The zero-order valence-corrected chi connectivity index (χ0v) is 21.2. The maximum atomic E-state index is 4.89. The average Bonchev–Trinajstić information content (AvgIpc) is 3.65. The fourth-order valence-corrected chi connectivity index (χ4v) is 6.45. The van der Waals surface area contributed by atoms with Crippen molar-refractivity contribution in [2.45, 2.75) is 37.8 Å². The molecule has 1 saturated heterocycles. The van der Waals surface area contributed by atoms with E-state index in [1.165, 1.54) is 28.8 Å². The molecule has 2 fully saturated rings. The molecule has 9 heteroatoms. The Morgan fingerprint density at radius 3 is 2.40 bits per heavy atom. The van der Waals surface area contributed by atoms with Gasteiger partial charge in [0.25, 0.3) is 0 Å². The topological polar surface area (TPSA) is 66.2 Å². The van der Waals surface area contributed by atoms with E-state index in [1.807, 2.05) is 0 Å². The second-order valence-corrected chi connectivity index (χ2v) is 10.8. The van der Waals surface area contributed by atoms with E-state index in [2.05, 4.69) is 97.5 Å². The van der Waals surface area contributed by atoms with E-state index in [9.17, 15) is 0 Å². The molecular formula is C26H32N8S. The van der Waals surface area contributed by atoms with E-state index >= 15 is 0 Å². The SMILES string of the molecule is CN(C)c1ccc([C@@H](c2nnnn2C2CCCC2)N2CCN(c3nc4ccccc4s3)CC2)cc1. The number of hydrogen-bond acceptors (Lipinski definition) is 8. The molecule has 1 aliphatic carbocycles. The minimum atomic E-state index is 0.0410. The third kappa shape index (κ3) is 4.38. The number of para-hydroxylation sites is 1. The largest absolute Gasteiger partial charge is 0.378 e. The van der Waals surface area contributed by atoms with E-state index in [0.717, 1.165) is 55.5 Å². The van der Waals surface area contributed by atoms with Gasteiger partial charge in [0, 0.05) is 46.0 Å². The second-order valence-electron chi connectivity index (χ2n) is 9.80. The molecule has 6 rings (SSSR count). The molecule has 0 amide bonds. The number of hydrogen-bond donors (Lipinski definition) is 0. The number of benzene rings is 2. The van der Waals surface area contributed by atoms with Crippen molar-refractivity contribution in [1.29, 1.82) is 0 Å². The van der Waals surface area contributed by atoms with Gasteiger partial charge in [-0.05, 0) is 53.1 Å². The van der Waals surface area contributed by atoms with Gasteiger partial charge in [-0.1, -0.05) is 48.4 Å². The first-order valence-corrected chi connectivity index (χ1v) is 13.4. The molecule has 0 spiro atoms. The Labute approximate surface area is 210 Å². The van der Waals surface area contributed by atoms with Crippen molar-refractivity contribution in [1.82, 2.24) is 30.1 Å². The number of fused-ring (bicyclic) bond motifs is 1. The van der Waals surface area contributed by atoms with Crippen molar-refractivity contribution in [3.63, 3.8) is 0 Å². The molecule has 2 aromatic heterocycles. The van der Waals surface area contributed by atoms with Crippen LogP contribution in [0.2, 0.25) is 0 Å². The number of aromatic nitrogens is 5. The lowest BCUT2D eigenvalue weighted by Gasteiger charge is -2.39. The Kier molecular flexibility index (Phi) is 6.12. The van der Waals surface area contributed by atoms with E-state index in [4.69, 9.17) is 4.98 Å². The molecule has 8 nitrogen and oxygen atoms in total. The van der Waals surface area contributed by atoms with Gasteiger partial charge in [0.1, 0.15) is 0 Å². The van der Waals surface area contributed by atoms with Gasteiger partial charge in [-0.15, -0.1) is 5.10 Å². The Morgan fingerprint density at radius 1 is 0.943 bits per heavy atom. The molecule has 1 saturated carbocycles. The highest BCUT2D eigenvalue weighted by Gasteiger charge is 2.33. The van der Waals surface area contributed by atoms with Crippen LogP contribution in [0, 0.1) is 0 Å². The lowest BCUT2D eigenvalue weighted by Crippen LogP contribution is -2.48. The standard InChI is InChI=1S/C26H32N8S/c1-31(2)20-13-11-19(12-14-20)24(25-28-29-30-34(25)21-7-3-4-8-21)32-15-17-33(18-16-32)26-27-22-9-5-6-10-23(22)35-26/h5-6,9-14,21,24H,3-4,7-8,15-18H2,1-2H3/t24-/m0/s1. The van der Waals surface area contributed by atoms with Gasteiger partial charge in [-0.25, -0.2) is 9.67 Å².